The van der Waals surface area contributed by atoms with E-state index < -0.39 is 17.9 Å². The maximum Gasteiger partial charge on any atom is 0.313 e. The van der Waals surface area contributed by atoms with E-state index in [4.69, 9.17) is 21.1 Å². The van der Waals surface area contributed by atoms with Crippen molar-refractivity contribution in [1.29, 1.82) is 0 Å². The van der Waals surface area contributed by atoms with Crippen LogP contribution in [0.25, 0.3) is 0 Å². The quantitative estimate of drug-likeness (QED) is 0.192. The summed E-state index contributed by atoms with van der Waals surface area (Å²) in [6, 6.07) is 0. The summed E-state index contributed by atoms with van der Waals surface area (Å²) in [5.41, 5.74) is 5.67. The predicted molar refractivity (Wildman–Crippen MR) is 105 cm³/mol. The summed E-state index contributed by atoms with van der Waals surface area (Å²) in [4.78, 5) is 45.5. The van der Waals surface area contributed by atoms with E-state index in [-0.39, 0.29) is 52.7 Å². The number of nitrogens with one attached hydrogen (secondary N) is 1. The molecule has 1 heterocycles. The van der Waals surface area contributed by atoms with E-state index in [1.807, 2.05) is 0 Å². The minimum atomic E-state index is -0.980. The summed E-state index contributed by atoms with van der Waals surface area (Å²) < 4.78 is 0. The van der Waals surface area contributed by atoms with Crippen LogP contribution in [0.1, 0.15) is 0 Å². The number of nitrogens with two attached hydrogens (primary N) is 1. The number of carboxylic acids is 3. The molecule has 0 amide bonds. The molecule has 0 atom stereocenters. The van der Waals surface area contributed by atoms with Crippen LogP contribution in [0.5, 0.6) is 0 Å². The van der Waals surface area contributed by atoms with Gasteiger partial charge in [0.05, 0.1) is 34.9 Å². The topological polar surface area (TPSA) is 192 Å². The van der Waals surface area contributed by atoms with Crippen molar-refractivity contribution in [1.82, 2.24) is 15.0 Å². The van der Waals surface area contributed by atoms with Gasteiger partial charge in [0.2, 0.25) is 17.8 Å². The maximum absolute atomic E-state index is 10.7. The lowest BCUT2D eigenvalue weighted by atomic mass is 10.7. The summed E-state index contributed by atoms with van der Waals surface area (Å²) in [5.74, 6) is -2.44. The Bertz CT molecular complexity index is 647. The highest BCUT2D eigenvalue weighted by Gasteiger charge is 2.15. The molecular weight excluding hydrogens is 420 g/mol. The molecule has 0 aliphatic carbocycles. The minimum absolute atomic E-state index is 0.0813. The van der Waals surface area contributed by atoms with Gasteiger partial charge in [-0.25, -0.2) is 0 Å². The van der Waals surface area contributed by atoms with Gasteiger partial charge in [0, 0.05) is 0 Å². The van der Waals surface area contributed by atoms with Crippen molar-refractivity contribution >= 4 is 71.0 Å². The number of nitrogens with zero attached hydrogens (tertiary/aromatic N) is 4. The van der Waals surface area contributed by atoms with Crippen LogP contribution in [0.3, 0.4) is 0 Å². The molecule has 0 fully saturated rings. The van der Waals surface area contributed by atoms with Gasteiger partial charge in [-0.05, 0) is 0 Å². The molecule has 0 aliphatic heterocycles. The van der Waals surface area contributed by atoms with Crippen molar-refractivity contribution in [2.45, 2.75) is 0 Å². The van der Waals surface area contributed by atoms with E-state index in [1.165, 1.54) is 0 Å². The number of rotatable bonds is 14. The molecule has 0 aromatic carbocycles. The SMILES string of the molecule is Nc1nc(NCSCC(=O)O)nc(N(CSCC(=O)O)CSCC(=O)O)n1. The van der Waals surface area contributed by atoms with E-state index in [1.54, 1.807) is 4.90 Å². The van der Waals surface area contributed by atoms with Gasteiger partial charge < -0.3 is 31.3 Å². The van der Waals surface area contributed by atoms with Crippen molar-refractivity contribution in [2.24, 2.45) is 0 Å². The van der Waals surface area contributed by atoms with Crippen molar-refractivity contribution in [3.8, 4) is 0 Å². The Hall–Kier alpha value is -2.13. The van der Waals surface area contributed by atoms with Crippen molar-refractivity contribution in [3.05, 3.63) is 0 Å². The largest absolute Gasteiger partial charge is 0.481 e. The fraction of sp³-hybridized carbons (Fsp3) is 0.500. The van der Waals surface area contributed by atoms with E-state index in [0.29, 0.717) is 0 Å². The molecule has 0 spiro atoms. The fourth-order valence-electron chi connectivity index (χ4n) is 1.49. The van der Waals surface area contributed by atoms with Crippen molar-refractivity contribution in [2.75, 3.05) is 50.8 Å². The lowest BCUT2D eigenvalue weighted by Gasteiger charge is -2.21. The molecule has 150 valence electrons. The molecule has 15 heteroatoms. The zero-order valence-corrected chi connectivity index (χ0v) is 16.3. The third-order valence-corrected chi connectivity index (χ3v) is 5.12. The number of carbonyl (C=O) groups is 3. The maximum atomic E-state index is 10.7. The monoisotopic (exact) mass is 438 g/mol. The lowest BCUT2D eigenvalue weighted by molar-refractivity contribution is -0.134. The van der Waals surface area contributed by atoms with Crippen LogP contribution in [0.2, 0.25) is 0 Å². The summed E-state index contributed by atoms with van der Waals surface area (Å²) in [7, 11) is 0. The Balaban J connectivity index is 2.79. The number of carboxylic acid groups (broad SMARTS) is 3. The molecule has 6 N–H and O–H groups in total. The van der Waals surface area contributed by atoms with Crippen LogP contribution in [-0.2, 0) is 14.4 Å². The summed E-state index contributed by atoms with van der Waals surface area (Å²) >= 11 is 3.29. The number of aliphatic carboxylic acids is 3. The van der Waals surface area contributed by atoms with Crippen LogP contribution in [0.4, 0.5) is 17.8 Å². The lowest BCUT2D eigenvalue weighted by Crippen LogP contribution is -2.27. The van der Waals surface area contributed by atoms with Crippen LogP contribution in [0, 0.1) is 0 Å². The van der Waals surface area contributed by atoms with E-state index in [9.17, 15) is 14.4 Å². The highest BCUT2D eigenvalue weighted by molar-refractivity contribution is 8.01. The average molecular weight is 439 g/mol. The summed E-state index contributed by atoms with van der Waals surface area (Å²) in [5, 5.41) is 28.9. The number of hydrogen-bond acceptors (Lipinski definition) is 12. The molecule has 1 rings (SSSR count). The number of aromatic nitrogens is 3. The molecule has 1 aromatic heterocycles. The Morgan fingerprint density at radius 3 is 1.93 bits per heavy atom. The normalized spacial score (nSPS) is 10.4. The molecular formula is C12H18N6O6S3. The second kappa shape index (κ2) is 12.3. The van der Waals surface area contributed by atoms with Crippen LogP contribution >= 0.6 is 35.3 Å². The first-order chi connectivity index (χ1) is 12.8. The molecule has 0 bridgehead atoms. The molecule has 0 unspecified atom stereocenters. The molecule has 0 aliphatic rings. The van der Waals surface area contributed by atoms with E-state index in [0.717, 1.165) is 35.3 Å². The standard InChI is InChI=1S/C12H18N6O6S3/c13-10-15-11(14-4-25-1-7(19)20)17-12(16-10)18(5-26-2-8(21)22)6-27-3-9(23)24/h1-6H2,(H,19,20)(H,21,22)(H,23,24)(H3,13,14,15,16,17). The fourth-order valence-corrected chi connectivity index (χ4v) is 3.50. The van der Waals surface area contributed by atoms with Gasteiger partial charge in [0.1, 0.15) is 0 Å². The van der Waals surface area contributed by atoms with Gasteiger partial charge >= 0.3 is 17.9 Å². The van der Waals surface area contributed by atoms with Crippen molar-refractivity contribution < 1.29 is 29.7 Å². The first-order valence-corrected chi connectivity index (χ1v) is 10.6. The third-order valence-electron chi connectivity index (χ3n) is 2.43. The summed E-state index contributed by atoms with van der Waals surface area (Å²) in [6.45, 7) is 0. The molecule has 0 radical (unpaired) electrons. The molecule has 1 aromatic rings. The second-order valence-electron chi connectivity index (χ2n) is 4.66. The van der Waals surface area contributed by atoms with E-state index in [2.05, 4.69) is 20.3 Å². The van der Waals surface area contributed by atoms with Crippen LogP contribution in [0.15, 0.2) is 0 Å². The highest BCUT2D eigenvalue weighted by atomic mass is 32.2. The number of anilines is 3. The Morgan fingerprint density at radius 2 is 1.41 bits per heavy atom. The number of nitrogen functional groups attached to an aromatic ring is 1. The van der Waals surface area contributed by atoms with Gasteiger partial charge in [-0.2, -0.15) is 15.0 Å². The summed E-state index contributed by atoms with van der Waals surface area (Å²) in [6.07, 6.45) is 0. The van der Waals surface area contributed by atoms with Crippen LogP contribution < -0.4 is 16.0 Å². The number of thioether (sulfide) groups is 3. The molecule has 27 heavy (non-hydrogen) atoms. The molecule has 0 saturated carbocycles. The van der Waals surface area contributed by atoms with Gasteiger partial charge in [-0.1, -0.05) is 0 Å². The minimum Gasteiger partial charge on any atom is -0.481 e. The third kappa shape index (κ3) is 10.6. The van der Waals surface area contributed by atoms with Gasteiger partial charge in [0.25, 0.3) is 0 Å². The van der Waals surface area contributed by atoms with Gasteiger partial charge in [-0.15, -0.1) is 35.3 Å². The smallest absolute Gasteiger partial charge is 0.313 e. The van der Waals surface area contributed by atoms with Gasteiger partial charge in [-0.3, -0.25) is 14.4 Å². The Labute approximate surface area is 166 Å². The van der Waals surface area contributed by atoms with Crippen molar-refractivity contribution in [3.63, 3.8) is 0 Å². The van der Waals surface area contributed by atoms with E-state index >= 15 is 0 Å². The average Bonchev–Trinajstić information content (AvgIpc) is 2.56. The molecule has 12 nitrogen and oxygen atoms in total. The predicted octanol–water partition coefficient (Wildman–Crippen LogP) is -0.00200. The Morgan fingerprint density at radius 1 is 0.889 bits per heavy atom. The first-order valence-electron chi connectivity index (χ1n) is 7.17. The highest BCUT2D eigenvalue weighted by Crippen LogP contribution is 2.19. The molecule has 0 saturated heterocycles. The van der Waals surface area contributed by atoms with Gasteiger partial charge in [0.15, 0.2) is 0 Å². The Kier molecular flexibility index (Phi) is 10.4. The second-order valence-corrected chi connectivity index (χ2v) is 7.56. The number of hydrogen-bond donors (Lipinski definition) is 5. The zero-order valence-electron chi connectivity index (χ0n) is 13.9. The zero-order chi connectivity index (χ0) is 20.2. The van der Waals surface area contributed by atoms with Crippen LogP contribution in [-0.4, -0.2) is 83.1 Å². The first kappa shape index (κ1) is 22.9.